The summed E-state index contributed by atoms with van der Waals surface area (Å²) in [5.41, 5.74) is 4.24. The molecule has 0 radical (unpaired) electrons. The molecule has 11 heteroatoms. The number of carbonyl (C=O) groups excluding carboxylic acids is 3. The van der Waals surface area contributed by atoms with E-state index in [1.165, 1.54) is 6.39 Å². The quantitative estimate of drug-likeness (QED) is 0.455. The van der Waals surface area contributed by atoms with E-state index in [1.54, 1.807) is 19.0 Å². The minimum atomic E-state index is -2.61. The lowest BCUT2D eigenvalue weighted by atomic mass is 9.58. The van der Waals surface area contributed by atoms with Gasteiger partial charge in [0.05, 0.1) is 11.6 Å². The van der Waals surface area contributed by atoms with E-state index in [0.717, 1.165) is 5.69 Å². The first-order valence-corrected chi connectivity index (χ1v) is 11.1. The Morgan fingerprint density at radius 1 is 1.23 bits per heavy atom. The van der Waals surface area contributed by atoms with E-state index in [1.807, 2.05) is 25.1 Å². The molecular weight excluding hydrogens is 456 g/mol. The first-order valence-electron chi connectivity index (χ1n) is 11.1. The summed E-state index contributed by atoms with van der Waals surface area (Å²) in [7, 11) is 6.89. The zero-order valence-corrected chi connectivity index (χ0v) is 19.7. The van der Waals surface area contributed by atoms with Gasteiger partial charge in [0.15, 0.2) is 23.4 Å². The number of hydrogen-bond donors (Lipinski definition) is 4. The Morgan fingerprint density at radius 2 is 1.91 bits per heavy atom. The molecule has 0 fully saturated rings. The van der Waals surface area contributed by atoms with Crippen molar-refractivity contribution in [1.29, 1.82) is 0 Å². The van der Waals surface area contributed by atoms with E-state index in [0.29, 0.717) is 17.5 Å². The highest BCUT2D eigenvalue weighted by atomic mass is 16.4. The molecule has 3 aliphatic carbocycles. The molecule has 184 valence electrons. The predicted octanol–water partition coefficient (Wildman–Crippen LogP) is 0.622. The molecule has 0 saturated heterocycles. The van der Waals surface area contributed by atoms with E-state index in [9.17, 15) is 29.7 Å². The number of aliphatic hydroxyl groups is 3. The van der Waals surface area contributed by atoms with Crippen LogP contribution >= 0.6 is 0 Å². The molecule has 0 bridgehead atoms. The topological polar surface area (TPSA) is 170 Å². The highest BCUT2D eigenvalue weighted by molar-refractivity contribution is 6.25. The summed E-state index contributed by atoms with van der Waals surface area (Å²) < 4.78 is 5.51. The van der Waals surface area contributed by atoms with Gasteiger partial charge in [-0.15, -0.1) is 0 Å². The average Bonchev–Trinajstić information content (AvgIpc) is 3.23. The maximum Gasteiger partial charge on any atom is 0.255 e. The minimum Gasteiger partial charge on any atom is -0.510 e. The van der Waals surface area contributed by atoms with Crippen LogP contribution in [0.5, 0.6) is 0 Å². The van der Waals surface area contributed by atoms with Crippen LogP contribution in [0, 0.1) is 11.8 Å². The van der Waals surface area contributed by atoms with E-state index < -0.39 is 58.0 Å². The number of primary amides is 1. The Balaban J connectivity index is 1.78. The standard InChI is InChI=1S/C24H26N4O7/c1-27(2)13-7-12-20(35-8-26-12)15-10(13)5-9-6-11-17(28(3)4)19(30)16(23(25)33)22(32)24(11,34)21(31)14(9)18(15)29/h7-9,11,17,30-31,34H,5-6H2,1-4H3,(H2,25,33)/t9-,11-,17-,24-/m0/s1. The second kappa shape index (κ2) is 7.40. The number of Topliss-reactive ketones (excluding diaryl/α,β-unsaturated/α-hetero) is 2. The molecule has 2 aromatic rings. The smallest absolute Gasteiger partial charge is 0.255 e. The van der Waals surface area contributed by atoms with E-state index >= 15 is 0 Å². The molecule has 1 aromatic carbocycles. The van der Waals surface area contributed by atoms with E-state index in [4.69, 9.17) is 10.2 Å². The summed E-state index contributed by atoms with van der Waals surface area (Å²) in [6.07, 6.45) is 1.63. The van der Waals surface area contributed by atoms with Gasteiger partial charge in [0, 0.05) is 31.3 Å². The number of aliphatic hydroxyl groups excluding tert-OH is 2. The highest BCUT2D eigenvalue weighted by Gasteiger charge is 2.63. The summed E-state index contributed by atoms with van der Waals surface area (Å²) in [5.74, 6) is -6.01. The van der Waals surface area contributed by atoms with Crippen LogP contribution in [0.2, 0.25) is 0 Å². The number of allylic oxidation sites excluding steroid dienone is 1. The average molecular weight is 482 g/mol. The van der Waals surface area contributed by atoms with Crippen molar-refractivity contribution in [1.82, 2.24) is 9.88 Å². The van der Waals surface area contributed by atoms with Gasteiger partial charge < -0.3 is 30.4 Å². The Bertz CT molecular complexity index is 1390. The number of nitrogens with zero attached hydrogens (tertiary/aromatic N) is 3. The summed E-state index contributed by atoms with van der Waals surface area (Å²) >= 11 is 0. The summed E-state index contributed by atoms with van der Waals surface area (Å²) in [4.78, 5) is 46.8. The molecule has 4 atom stereocenters. The molecule has 0 unspecified atom stereocenters. The van der Waals surface area contributed by atoms with Crippen molar-refractivity contribution in [3.8, 4) is 0 Å². The summed E-state index contributed by atoms with van der Waals surface area (Å²) in [5, 5.41) is 33.9. The van der Waals surface area contributed by atoms with Crippen LogP contribution in [0.4, 0.5) is 5.69 Å². The molecule has 1 heterocycles. The maximum atomic E-state index is 13.9. The summed E-state index contributed by atoms with van der Waals surface area (Å²) in [6, 6.07) is 0.824. The number of oxazole rings is 1. The number of rotatable bonds is 3. The molecule has 5 N–H and O–H groups in total. The monoisotopic (exact) mass is 482 g/mol. The number of nitrogens with two attached hydrogens (primary N) is 1. The number of carbonyl (C=O) groups is 3. The van der Waals surface area contributed by atoms with Crippen molar-refractivity contribution < 1.29 is 34.1 Å². The molecule has 3 aliphatic rings. The van der Waals surface area contributed by atoms with Crippen molar-refractivity contribution in [2.75, 3.05) is 33.1 Å². The fourth-order valence-corrected chi connectivity index (χ4v) is 6.02. The lowest BCUT2D eigenvalue weighted by molar-refractivity contribution is -0.148. The molecule has 0 saturated carbocycles. The second-order valence-corrected chi connectivity index (χ2v) is 9.81. The Hall–Kier alpha value is -3.70. The van der Waals surface area contributed by atoms with Gasteiger partial charge in [0.25, 0.3) is 5.91 Å². The third kappa shape index (κ3) is 2.85. The van der Waals surface area contributed by atoms with Gasteiger partial charge in [0.2, 0.25) is 5.78 Å². The van der Waals surface area contributed by atoms with Gasteiger partial charge in [-0.05, 0) is 44.5 Å². The lowest BCUT2D eigenvalue weighted by Crippen LogP contribution is -2.63. The Kier molecular flexibility index (Phi) is 4.87. The zero-order chi connectivity index (χ0) is 25.6. The largest absolute Gasteiger partial charge is 0.510 e. The number of fused-ring (bicyclic) bond motifs is 5. The fourth-order valence-electron chi connectivity index (χ4n) is 6.02. The molecule has 11 nitrogen and oxygen atoms in total. The fraction of sp³-hybridized carbons (Fsp3) is 0.417. The number of anilines is 1. The highest BCUT2D eigenvalue weighted by Crippen LogP contribution is 2.52. The Morgan fingerprint density at radius 3 is 2.51 bits per heavy atom. The van der Waals surface area contributed by atoms with Crippen LogP contribution in [0.1, 0.15) is 22.3 Å². The normalized spacial score (nSPS) is 28.3. The SMILES string of the molecule is CN(C)c1cc2ncoc2c2c1C[C@H]1C[C@H]3[C@H](N(C)C)C(O)=C(C(N)=O)C(=O)[C@@]3(O)C(O)=C1C2=O. The van der Waals surface area contributed by atoms with E-state index in [-0.39, 0.29) is 23.1 Å². The van der Waals surface area contributed by atoms with Crippen LogP contribution in [0.3, 0.4) is 0 Å². The first kappa shape index (κ1) is 23.1. The molecule has 1 aromatic heterocycles. The summed E-state index contributed by atoms with van der Waals surface area (Å²) in [6.45, 7) is 0. The minimum absolute atomic E-state index is 0.0903. The lowest BCUT2D eigenvalue weighted by Gasteiger charge is -2.50. The molecule has 0 aliphatic heterocycles. The van der Waals surface area contributed by atoms with E-state index in [2.05, 4.69) is 4.98 Å². The van der Waals surface area contributed by atoms with Crippen molar-refractivity contribution in [3.05, 3.63) is 46.3 Å². The second-order valence-electron chi connectivity index (χ2n) is 9.81. The predicted molar refractivity (Wildman–Crippen MR) is 124 cm³/mol. The van der Waals surface area contributed by atoms with Crippen LogP contribution < -0.4 is 10.6 Å². The maximum absolute atomic E-state index is 13.9. The van der Waals surface area contributed by atoms with Crippen molar-refractivity contribution >= 4 is 34.3 Å². The number of ketones is 2. The molecule has 1 amide bonds. The van der Waals surface area contributed by atoms with Gasteiger partial charge in [-0.1, -0.05) is 0 Å². The van der Waals surface area contributed by atoms with Gasteiger partial charge in [0.1, 0.15) is 22.6 Å². The molecular formula is C24H26N4O7. The zero-order valence-electron chi connectivity index (χ0n) is 19.7. The van der Waals surface area contributed by atoms with Crippen LogP contribution in [0.15, 0.2) is 39.5 Å². The van der Waals surface area contributed by atoms with Gasteiger partial charge in [-0.25, -0.2) is 4.98 Å². The number of hydrogen-bond acceptors (Lipinski definition) is 10. The number of aromatic nitrogens is 1. The Labute approximate surface area is 200 Å². The van der Waals surface area contributed by atoms with Crippen LogP contribution in [-0.2, 0) is 16.0 Å². The number of benzene rings is 1. The van der Waals surface area contributed by atoms with Crippen molar-refractivity contribution in [2.45, 2.75) is 24.5 Å². The number of amides is 1. The van der Waals surface area contributed by atoms with Gasteiger partial charge in [-0.2, -0.15) is 0 Å². The molecule has 35 heavy (non-hydrogen) atoms. The third-order valence-electron chi connectivity index (χ3n) is 7.50. The molecule has 0 spiro atoms. The van der Waals surface area contributed by atoms with Crippen LogP contribution in [0.25, 0.3) is 11.1 Å². The third-order valence-corrected chi connectivity index (χ3v) is 7.50. The number of likely N-dealkylation sites (N-methyl/N-ethyl adjacent to an activating group) is 1. The molecule has 5 rings (SSSR count). The van der Waals surface area contributed by atoms with Crippen molar-refractivity contribution in [2.24, 2.45) is 17.6 Å². The van der Waals surface area contributed by atoms with Crippen LogP contribution in [-0.4, -0.2) is 82.5 Å². The first-order chi connectivity index (χ1) is 16.4. The van der Waals surface area contributed by atoms with Crippen molar-refractivity contribution in [3.63, 3.8) is 0 Å². The van der Waals surface area contributed by atoms with Gasteiger partial charge >= 0.3 is 0 Å². The van der Waals surface area contributed by atoms with Gasteiger partial charge in [-0.3, -0.25) is 19.3 Å².